The van der Waals surface area contributed by atoms with Crippen LogP contribution in [-0.2, 0) is 6.54 Å². The first kappa shape index (κ1) is 19.6. The molecule has 27 heavy (non-hydrogen) atoms. The van der Waals surface area contributed by atoms with E-state index in [0.29, 0.717) is 5.56 Å². The first-order valence-corrected chi connectivity index (χ1v) is 9.20. The SMILES string of the molecule is O=C(NC1CCN(Cc2ccc(Cl)cc2)CC1)c1cccc(OC(F)F)c1. The molecule has 2 aromatic carbocycles. The quantitative estimate of drug-likeness (QED) is 0.792. The third kappa shape index (κ3) is 5.91. The molecule has 7 heteroatoms. The molecule has 0 atom stereocenters. The monoisotopic (exact) mass is 394 g/mol. The number of carbonyl (C=O) groups excluding carboxylic acids is 1. The molecular weight excluding hydrogens is 374 g/mol. The molecule has 1 heterocycles. The lowest BCUT2D eigenvalue weighted by Crippen LogP contribution is -2.44. The molecule has 0 saturated carbocycles. The van der Waals surface area contributed by atoms with Crippen molar-refractivity contribution in [2.24, 2.45) is 0 Å². The first-order chi connectivity index (χ1) is 13.0. The minimum Gasteiger partial charge on any atom is -0.435 e. The highest BCUT2D eigenvalue weighted by Crippen LogP contribution is 2.18. The van der Waals surface area contributed by atoms with Crippen LogP contribution in [-0.4, -0.2) is 36.5 Å². The summed E-state index contributed by atoms with van der Waals surface area (Å²) in [4.78, 5) is 14.7. The van der Waals surface area contributed by atoms with E-state index in [1.165, 1.54) is 23.8 Å². The van der Waals surface area contributed by atoms with Crippen molar-refractivity contribution in [3.8, 4) is 5.75 Å². The standard InChI is InChI=1S/C20H21ClF2N2O2/c21-16-6-4-14(5-7-16)13-25-10-8-17(9-11-25)24-19(26)15-2-1-3-18(12-15)27-20(22)23/h1-7,12,17,20H,8-11,13H2,(H,24,26). The average molecular weight is 395 g/mol. The van der Waals surface area contributed by atoms with Crippen molar-refractivity contribution in [2.45, 2.75) is 32.0 Å². The van der Waals surface area contributed by atoms with Gasteiger partial charge in [-0.15, -0.1) is 0 Å². The summed E-state index contributed by atoms with van der Waals surface area (Å²) >= 11 is 5.91. The molecule has 144 valence electrons. The number of nitrogens with one attached hydrogen (secondary N) is 1. The molecule has 1 fully saturated rings. The lowest BCUT2D eigenvalue weighted by atomic mass is 10.0. The zero-order valence-electron chi connectivity index (χ0n) is 14.7. The number of amides is 1. The Hall–Kier alpha value is -2.18. The second kappa shape index (κ2) is 9.15. The summed E-state index contributed by atoms with van der Waals surface area (Å²) in [6, 6.07) is 13.7. The van der Waals surface area contributed by atoms with Crippen molar-refractivity contribution in [1.29, 1.82) is 0 Å². The number of ether oxygens (including phenoxy) is 1. The Labute approximate surface area is 162 Å². The fourth-order valence-corrected chi connectivity index (χ4v) is 3.29. The van der Waals surface area contributed by atoms with Crippen molar-refractivity contribution in [3.05, 3.63) is 64.7 Å². The van der Waals surface area contributed by atoms with Crippen LogP contribution in [0.15, 0.2) is 48.5 Å². The molecule has 0 unspecified atom stereocenters. The molecule has 4 nitrogen and oxygen atoms in total. The molecule has 1 aliphatic heterocycles. The molecule has 0 aromatic heterocycles. The van der Waals surface area contributed by atoms with Crippen LogP contribution in [0.3, 0.4) is 0 Å². The summed E-state index contributed by atoms with van der Waals surface area (Å²) in [5.41, 5.74) is 1.52. The predicted molar refractivity (Wildman–Crippen MR) is 100 cm³/mol. The van der Waals surface area contributed by atoms with Crippen molar-refractivity contribution in [3.63, 3.8) is 0 Å². The maximum absolute atomic E-state index is 12.4. The number of piperidine rings is 1. The number of hydrogen-bond acceptors (Lipinski definition) is 3. The second-order valence-corrected chi connectivity index (χ2v) is 6.99. The van der Waals surface area contributed by atoms with Gasteiger partial charge in [-0.25, -0.2) is 0 Å². The van der Waals surface area contributed by atoms with Gasteiger partial charge in [0.05, 0.1) is 0 Å². The van der Waals surface area contributed by atoms with Crippen LogP contribution < -0.4 is 10.1 Å². The molecule has 0 aliphatic carbocycles. The van der Waals surface area contributed by atoms with Gasteiger partial charge in [-0.3, -0.25) is 9.69 Å². The number of hydrogen-bond donors (Lipinski definition) is 1. The smallest absolute Gasteiger partial charge is 0.387 e. The van der Waals surface area contributed by atoms with Gasteiger partial charge >= 0.3 is 6.61 Å². The van der Waals surface area contributed by atoms with Gasteiger partial charge in [-0.2, -0.15) is 8.78 Å². The highest BCUT2D eigenvalue weighted by molar-refractivity contribution is 6.30. The van der Waals surface area contributed by atoms with E-state index in [0.717, 1.165) is 37.5 Å². The van der Waals surface area contributed by atoms with Gasteiger partial charge in [-0.05, 0) is 48.7 Å². The lowest BCUT2D eigenvalue weighted by molar-refractivity contribution is -0.0498. The Kier molecular flexibility index (Phi) is 6.63. The number of alkyl halides is 2. The minimum absolute atomic E-state index is 0.0181. The van der Waals surface area contributed by atoms with E-state index in [-0.39, 0.29) is 17.7 Å². The van der Waals surface area contributed by atoms with Crippen LogP contribution in [0.25, 0.3) is 0 Å². The number of benzene rings is 2. The number of nitrogens with zero attached hydrogens (tertiary/aromatic N) is 1. The fourth-order valence-electron chi connectivity index (χ4n) is 3.17. The zero-order valence-corrected chi connectivity index (χ0v) is 15.5. The number of halogens is 3. The van der Waals surface area contributed by atoms with Crippen LogP contribution in [0.4, 0.5) is 8.78 Å². The Bertz CT molecular complexity index is 763. The van der Waals surface area contributed by atoms with Gasteiger partial charge in [0.25, 0.3) is 5.91 Å². The fraction of sp³-hybridized carbons (Fsp3) is 0.350. The van der Waals surface area contributed by atoms with Crippen molar-refractivity contribution < 1.29 is 18.3 Å². The average Bonchev–Trinajstić information content (AvgIpc) is 2.65. The zero-order chi connectivity index (χ0) is 19.2. The van der Waals surface area contributed by atoms with E-state index in [4.69, 9.17) is 11.6 Å². The number of carbonyl (C=O) groups is 1. The third-order valence-electron chi connectivity index (χ3n) is 4.56. The molecule has 0 bridgehead atoms. The van der Waals surface area contributed by atoms with Gasteiger partial charge in [0.15, 0.2) is 0 Å². The maximum Gasteiger partial charge on any atom is 0.387 e. The van der Waals surface area contributed by atoms with E-state index < -0.39 is 6.61 Å². The highest BCUT2D eigenvalue weighted by atomic mass is 35.5. The molecule has 1 aliphatic rings. The summed E-state index contributed by atoms with van der Waals surface area (Å²) < 4.78 is 29.0. The summed E-state index contributed by atoms with van der Waals surface area (Å²) in [5.74, 6) is -0.290. The van der Waals surface area contributed by atoms with Crippen molar-refractivity contribution >= 4 is 17.5 Å². The third-order valence-corrected chi connectivity index (χ3v) is 4.82. The Balaban J connectivity index is 1.48. The van der Waals surface area contributed by atoms with E-state index in [2.05, 4.69) is 15.0 Å². The van der Waals surface area contributed by atoms with Crippen LogP contribution in [0.5, 0.6) is 5.75 Å². The number of rotatable bonds is 6. The summed E-state index contributed by atoms with van der Waals surface area (Å²) in [6.07, 6.45) is 1.68. The molecular formula is C20H21ClF2N2O2. The maximum atomic E-state index is 12.4. The predicted octanol–water partition coefficient (Wildman–Crippen LogP) is 4.34. The largest absolute Gasteiger partial charge is 0.435 e. The summed E-state index contributed by atoms with van der Waals surface area (Å²) in [5, 5.41) is 3.71. The van der Waals surface area contributed by atoms with Crippen LogP contribution >= 0.6 is 11.6 Å². The highest BCUT2D eigenvalue weighted by Gasteiger charge is 2.21. The van der Waals surface area contributed by atoms with Crippen molar-refractivity contribution in [2.75, 3.05) is 13.1 Å². The second-order valence-electron chi connectivity index (χ2n) is 6.56. The molecule has 0 radical (unpaired) electrons. The Morgan fingerprint density at radius 2 is 1.89 bits per heavy atom. The van der Waals surface area contributed by atoms with Crippen molar-refractivity contribution in [1.82, 2.24) is 10.2 Å². The number of likely N-dealkylation sites (tertiary alicyclic amines) is 1. The molecule has 3 rings (SSSR count). The molecule has 1 N–H and O–H groups in total. The normalized spacial score (nSPS) is 15.7. The summed E-state index contributed by atoms with van der Waals surface area (Å²) in [6.45, 7) is -0.303. The van der Waals surface area contributed by atoms with Gasteiger partial charge in [0.2, 0.25) is 0 Å². The molecule has 1 saturated heterocycles. The Morgan fingerprint density at radius 3 is 2.56 bits per heavy atom. The van der Waals surface area contributed by atoms with Crippen LogP contribution in [0, 0.1) is 0 Å². The summed E-state index contributed by atoms with van der Waals surface area (Å²) in [7, 11) is 0. The first-order valence-electron chi connectivity index (χ1n) is 8.82. The molecule has 2 aromatic rings. The van der Waals surface area contributed by atoms with Crippen LogP contribution in [0.1, 0.15) is 28.8 Å². The van der Waals surface area contributed by atoms with E-state index >= 15 is 0 Å². The lowest BCUT2D eigenvalue weighted by Gasteiger charge is -2.32. The minimum atomic E-state index is -2.91. The molecule has 1 amide bonds. The van der Waals surface area contributed by atoms with Gasteiger partial charge in [0, 0.05) is 36.3 Å². The van der Waals surface area contributed by atoms with E-state index in [1.54, 1.807) is 6.07 Å². The van der Waals surface area contributed by atoms with Gasteiger partial charge in [0.1, 0.15) is 5.75 Å². The van der Waals surface area contributed by atoms with Crippen LogP contribution in [0.2, 0.25) is 5.02 Å². The topological polar surface area (TPSA) is 41.6 Å². The Morgan fingerprint density at radius 1 is 1.19 bits per heavy atom. The van der Waals surface area contributed by atoms with E-state index in [1.807, 2.05) is 24.3 Å². The van der Waals surface area contributed by atoms with E-state index in [9.17, 15) is 13.6 Å². The van der Waals surface area contributed by atoms with Gasteiger partial charge < -0.3 is 10.1 Å². The van der Waals surface area contributed by atoms with Gasteiger partial charge in [-0.1, -0.05) is 29.8 Å². The molecule has 0 spiro atoms.